The number of rotatable bonds is 5. The zero-order chi connectivity index (χ0) is 22.3. The minimum atomic E-state index is -0.655. The van der Waals surface area contributed by atoms with E-state index in [0.717, 1.165) is 0 Å². The first kappa shape index (κ1) is 23.5. The maximum absolute atomic E-state index is 12.8. The second-order valence-corrected chi connectivity index (χ2v) is 8.94. The van der Waals surface area contributed by atoms with Crippen molar-refractivity contribution in [2.75, 3.05) is 18.4 Å². The highest BCUT2D eigenvalue weighted by atomic mass is 16.6. The van der Waals surface area contributed by atoms with Gasteiger partial charge < -0.3 is 25.6 Å². The van der Waals surface area contributed by atoms with E-state index in [4.69, 9.17) is 4.74 Å². The Morgan fingerprint density at radius 3 is 2.20 bits per heavy atom. The van der Waals surface area contributed by atoms with Crippen molar-refractivity contribution in [2.24, 2.45) is 5.92 Å². The second kappa shape index (κ2) is 10.3. The normalized spacial score (nSPS) is 16.0. The minimum Gasteiger partial charge on any atom is -0.444 e. The van der Waals surface area contributed by atoms with Gasteiger partial charge in [0.2, 0.25) is 5.91 Å². The van der Waals surface area contributed by atoms with Crippen LogP contribution >= 0.6 is 0 Å². The number of hydrogen-bond donors (Lipinski definition) is 3. The third kappa shape index (κ3) is 7.57. The molecular weight excluding hydrogens is 384 g/mol. The summed E-state index contributed by atoms with van der Waals surface area (Å²) in [6, 6.07) is 7.95. The molecule has 1 fully saturated rings. The Bertz CT molecular complexity index is 722. The molecule has 0 aromatic heterocycles. The predicted octanol–water partition coefficient (Wildman–Crippen LogP) is 3.35. The average Bonchev–Trinajstić information content (AvgIpc) is 2.65. The SMILES string of the molecule is CC(C)C(NC(=O)Nc1ccccc1)C(=O)NC1CCN(C(=O)OC(C)(C)C)CC1. The van der Waals surface area contributed by atoms with Gasteiger partial charge in [-0.25, -0.2) is 9.59 Å². The molecule has 1 unspecified atom stereocenters. The Morgan fingerprint density at radius 1 is 1.07 bits per heavy atom. The van der Waals surface area contributed by atoms with Crippen molar-refractivity contribution in [3.63, 3.8) is 0 Å². The lowest BCUT2D eigenvalue weighted by molar-refractivity contribution is -0.124. The van der Waals surface area contributed by atoms with Crippen LogP contribution in [0, 0.1) is 5.92 Å². The van der Waals surface area contributed by atoms with Crippen LogP contribution < -0.4 is 16.0 Å². The highest BCUT2D eigenvalue weighted by Gasteiger charge is 2.30. The zero-order valence-corrected chi connectivity index (χ0v) is 18.5. The van der Waals surface area contributed by atoms with Crippen LogP contribution in [-0.4, -0.2) is 53.7 Å². The molecule has 1 aliphatic rings. The molecule has 166 valence electrons. The molecule has 1 aliphatic heterocycles. The molecule has 3 N–H and O–H groups in total. The molecule has 1 atom stereocenters. The van der Waals surface area contributed by atoms with E-state index < -0.39 is 17.7 Å². The number of para-hydroxylation sites is 1. The predicted molar refractivity (Wildman–Crippen MR) is 116 cm³/mol. The average molecular weight is 419 g/mol. The van der Waals surface area contributed by atoms with E-state index in [1.165, 1.54) is 0 Å². The number of likely N-dealkylation sites (tertiary alicyclic amines) is 1. The van der Waals surface area contributed by atoms with Crippen LogP contribution in [0.3, 0.4) is 0 Å². The summed E-state index contributed by atoms with van der Waals surface area (Å²) in [5.74, 6) is -0.294. The van der Waals surface area contributed by atoms with Gasteiger partial charge in [-0.1, -0.05) is 32.0 Å². The Balaban J connectivity index is 1.84. The molecule has 30 heavy (non-hydrogen) atoms. The smallest absolute Gasteiger partial charge is 0.410 e. The highest BCUT2D eigenvalue weighted by molar-refractivity contribution is 5.93. The molecule has 0 saturated carbocycles. The summed E-state index contributed by atoms with van der Waals surface area (Å²) in [5, 5.41) is 8.51. The van der Waals surface area contributed by atoms with Gasteiger partial charge in [0.15, 0.2) is 0 Å². The molecule has 0 aliphatic carbocycles. The molecule has 4 amide bonds. The Morgan fingerprint density at radius 2 is 1.67 bits per heavy atom. The highest BCUT2D eigenvalue weighted by Crippen LogP contribution is 2.16. The number of carbonyl (C=O) groups is 3. The number of carbonyl (C=O) groups excluding carboxylic acids is 3. The lowest BCUT2D eigenvalue weighted by Gasteiger charge is -2.34. The van der Waals surface area contributed by atoms with Crippen molar-refractivity contribution < 1.29 is 19.1 Å². The molecule has 0 bridgehead atoms. The Kier molecular flexibility index (Phi) is 8.08. The standard InChI is InChI=1S/C22H34N4O4/c1-15(2)18(25-20(28)24-16-9-7-6-8-10-16)19(27)23-17-11-13-26(14-12-17)21(29)30-22(3,4)5/h6-10,15,17-18H,11-14H2,1-5H3,(H,23,27)(H2,24,25,28). The number of anilines is 1. The fraction of sp³-hybridized carbons (Fsp3) is 0.591. The van der Waals surface area contributed by atoms with Crippen LogP contribution in [0.1, 0.15) is 47.5 Å². The van der Waals surface area contributed by atoms with Crippen LogP contribution in [0.25, 0.3) is 0 Å². The van der Waals surface area contributed by atoms with Gasteiger partial charge in [-0.15, -0.1) is 0 Å². The fourth-order valence-electron chi connectivity index (χ4n) is 3.19. The van der Waals surface area contributed by atoms with Gasteiger partial charge in [-0.2, -0.15) is 0 Å². The van der Waals surface area contributed by atoms with Crippen LogP contribution in [0.15, 0.2) is 30.3 Å². The first-order chi connectivity index (χ1) is 14.0. The van der Waals surface area contributed by atoms with Gasteiger partial charge in [0.05, 0.1) is 0 Å². The third-order valence-corrected chi connectivity index (χ3v) is 4.76. The van der Waals surface area contributed by atoms with Crippen LogP contribution in [0.4, 0.5) is 15.3 Å². The van der Waals surface area contributed by atoms with E-state index in [0.29, 0.717) is 31.6 Å². The van der Waals surface area contributed by atoms with E-state index in [-0.39, 0.29) is 24.0 Å². The summed E-state index contributed by atoms with van der Waals surface area (Å²) in [5.41, 5.74) is 0.131. The van der Waals surface area contributed by atoms with E-state index >= 15 is 0 Å². The van der Waals surface area contributed by atoms with Crippen molar-refractivity contribution in [1.82, 2.24) is 15.5 Å². The molecule has 1 aromatic carbocycles. The van der Waals surface area contributed by atoms with Gasteiger partial charge in [-0.3, -0.25) is 4.79 Å². The maximum Gasteiger partial charge on any atom is 0.410 e. The summed E-state index contributed by atoms with van der Waals surface area (Å²) in [7, 11) is 0. The van der Waals surface area contributed by atoms with Crippen molar-refractivity contribution in [2.45, 2.75) is 65.1 Å². The molecular formula is C22H34N4O4. The van der Waals surface area contributed by atoms with Crippen molar-refractivity contribution in [3.8, 4) is 0 Å². The number of hydrogen-bond acceptors (Lipinski definition) is 4. The number of amides is 4. The Labute approximate surface area is 178 Å². The number of ether oxygens (including phenoxy) is 1. The van der Waals surface area contributed by atoms with Gasteiger partial charge in [-0.05, 0) is 51.7 Å². The van der Waals surface area contributed by atoms with Gasteiger partial charge in [0.25, 0.3) is 0 Å². The molecule has 2 rings (SSSR count). The fourth-order valence-corrected chi connectivity index (χ4v) is 3.19. The van der Waals surface area contributed by atoms with Crippen LogP contribution in [0.5, 0.6) is 0 Å². The Hall–Kier alpha value is -2.77. The number of nitrogens with zero attached hydrogens (tertiary/aromatic N) is 1. The number of piperidine rings is 1. The van der Waals surface area contributed by atoms with Gasteiger partial charge in [0, 0.05) is 24.8 Å². The first-order valence-electron chi connectivity index (χ1n) is 10.5. The number of nitrogens with one attached hydrogen (secondary N) is 3. The second-order valence-electron chi connectivity index (χ2n) is 8.94. The summed E-state index contributed by atoms with van der Waals surface area (Å²) in [6.45, 7) is 10.3. The van der Waals surface area contributed by atoms with E-state index in [2.05, 4.69) is 16.0 Å². The molecule has 1 heterocycles. The summed E-state index contributed by atoms with van der Waals surface area (Å²) in [4.78, 5) is 38.9. The summed E-state index contributed by atoms with van der Waals surface area (Å²) in [6.07, 6.45) is 0.962. The maximum atomic E-state index is 12.8. The lowest BCUT2D eigenvalue weighted by Crippen LogP contribution is -2.55. The van der Waals surface area contributed by atoms with E-state index in [1.54, 1.807) is 17.0 Å². The number of urea groups is 1. The molecule has 8 heteroatoms. The topological polar surface area (TPSA) is 99.8 Å². The van der Waals surface area contributed by atoms with E-state index in [9.17, 15) is 14.4 Å². The quantitative estimate of drug-likeness (QED) is 0.683. The zero-order valence-electron chi connectivity index (χ0n) is 18.5. The number of benzene rings is 1. The minimum absolute atomic E-state index is 0.0450. The van der Waals surface area contributed by atoms with Crippen molar-refractivity contribution in [3.05, 3.63) is 30.3 Å². The monoisotopic (exact) mass is 418 g/mol. The largest absolute Gasteiger partial charge is 0.444 e. The lowest BCUT2D eigenvalue weighted by atomic mass is 10.0. The van der Waals surface area contributed by atoms with Crippen molar-refractivity contribution in [1.29, 1.82) is 0 Å². The van der Waals surface area contributed by atoms with Crippen LogP contribution in [-0.2, 0) is 9.53 Å². The molecule has 8 nitrogen and oxygen atoms in total. The van der Waals surface area contributed by atoms with Crippen LogP contribution in [0.2, 0.25) is 0 Å². The van der Waals surface area contributed by atoms with Gasteiger partial charge in [0.1, 0.15) is 11.6 Å². The molecule has 1 saturated heterocycles. The van der Waals surface area contributed by atoms with Crippen molar-refractivity contribution >= 4 is 23.7 Å². The molecule has 0 radical (unpaired) electrons. The van der Waals surface area contributed by atoms with E-state index in [1.807, 2.05) is 52.8 Å². The third-order valence-electron chi connectivity index (χ3n) is 4.76. The van der Waals surface area contributed by atoms with Gasteiger partial charge >= 0.3 is 12.1 Å². The first-order valence-corrected chi connectivity index (χ1v) is 10.5. The molecule has 0 spiro atoms. The summed E-state index contributed by atoms with van der Waals surface area (Å²) < 4.78 is 5.40. The molecule has 1 aromatic rings. The summed E-state index contributed by atoms with van der Waals surface area (Å²) >= 11 is 0.